The zero-order valence-corrected chi connectivity index (χ0v) is 12.3. The highest BCUT2D eigenvalue weighted by atomic mass is 32.2. The van der Waals surface area contributed by atoms with E-state index in [1.165, 1.54) is 5.75 Å². The van der Waals surface area contributed by atoms with Gasteiger partial charge in [0.15, 0.2) is 5.78 Å². The first-order chi connectivity index (χ1) is 8.71. The Labute approximate surface area is 114 Å². The SMILES string of the molecule is CCCC(OC)C(=O)C1CCOC2(CCSC2)C1. The fourth-order valence-electron chi connectivity index (χ4n) is 3.04. The molecule has 0 aliphatic carbocycles. The first-order valence-corrected chi connectivity index (χ1v) is 8.14. The lowest BCUT2D eigenvalue weighted by molar-refractivity contribution is -0.143. The first kappa shape index (κ1) is 14.4. The second kappa shape index (κ2) is 6.40. The van der Waals surface area contributed by atoms with Gasteiger partial charge in [0.2, 0.25) is 0 Å². The molecule has 3 atom stereocenters. The molecule has 0 radical (unpaired) electrons. The number of thioether (sulfide) groups is 1. The average molecular weight is 272 g/mol. The van der Waals surface area contributed by atoms with Gasteiger partial charge in [0.25, 0.3) is 0 Å². The van der Waals surface area contributed by atoms with Gasteiger partial charge in [-0.25, -0.2) is 0 Å². The highest BCUT2D eigenvalue weighted by Crippen LogP contribution is 2.41. The van der Waals surface area contributed by atoms with E-state index in [1.807, 2.05) is 11.8 Å². The highest BCUT2D eigenvalue weighted by Gasteiger charge is 2.43. The summed E-state index contributed by atoms with van der Waals surface area (Å²) in [6, 6.07) is 0. The molecule has 4 heteroatoms. The van der Waals surface area contributed by atoms with Gasteiger partial charge in [-0.05, 0) is 31.4 Å². The lowest BCUT2D eigenvalue weighted by atomic mass is 9.81. The van der Waals surface area contributed by atoms with Crippen LogP contribution in [0.3, 0.4) is 0 Å². The Morgan fingerprint density at radius 1 is 1.61 bits per heavy atom. The lowest BCUT2D eigenvalue weighted by Gasteiger charge is -2.38. The predicted octanol–water partition coefficient (Wildman–Crippen LogP) is 2.67. The molecule has 3 nitrogen and oxygen atoms in total. The molecule has 2 heterocycles. The summed E-state index contributed by atoms with van der Waals surface area (Å²) >= 11 is 1.95. The molecule has 2 saturated heterocycles. The van der Waals surface area contributed by atoms with Crippen LogP contribution < -0.4 is 0 Å². The Kier molecular flexibility index (Phi) is 5.10. The van der Waals surface area contributed by atoms with E-state index in [0.717, 1.165) is 44.5 Å². The molecule has 0 saturated carbocycles. The molecular weight excluding hydrogens is 248 g/mol. The number of hydrogen-bond donors (Lipinski definition) is 0. The van der Waals surface area contributed by atoms with Gasteiger partial charge in [0.05, 0.1) is 5.60 Å². The average Bonchev–Trinajstić information content (AvgIpc) is 2.83. The van der Waals surface area contributed by atoms with E-state index in [1.54, 1.807) is 7.11 Å². The molecule has 2 aliphatic rings. The van der Waals surface area contributed by atoms with E-state index in [9.17, 15) is 4.79 Å². The van der Waals surface area contributed by atoms with Crippen molar-refractivity contribution < 1.29 is 14.3 Å². The van der Waals surface area contributed by atoms with Crippen molar-refractivity contribution in [1.82, 2.24) is 0 Å². The summed E-state index contributed by atoms with van der Waals surface area (Å²) in [6.07, 6.45) is 4.51. The first-order valence-electron chi connectivity index (χ1n) is 6.99. The zero-order valence-electron chi connectivity index (χ0n) is 11.4. The van der Waals surface area contributed by atoms with Crippen LogP contribution in [0.5, 0.6) is 0 Å². The van der Waals surface area contributed by atoms with Crippen molar-refractivity contribution in [2.45, 2.75) is 50.7 Å². The van der Waals surface area contributed by atoms with Crippen LogP contribution in [0.2, 0.25) is 0 Å². The van der Waals surface area contributed by atoms with Gasteiger partial charge < -0.3 is 9.47 Å². The molecule has 1 spiro atoms. The normalized spacial score (nSPS) is 33.8. The third kappa shape index (κ3) is 3.09. The minimum absolute atomic E-state index is 0.00620. The summed E-state index contributed by atoms with van der Waals surface area (Å²) in [5.41, 5.74) is -0.00620. The molecule has 0 bridgehead atoms. The fraction of sp³-hybridized carbons (Fsp3) is 0.929. The summed E-state index contributed by atoms with van der Waals surface area (Å²) in [4.78, 5) is 12.5. The fourth-order valence-corrected chi connectivity index (χ4v) is 4.41. The Balaban J connectivity index is 1.97. The Morgan fingerprint density at radius 3 is 3.06 bits per heavy atom. The van der Waals surface area contributed by atoms with Gasteiger partial charge in [0.1, 0.15) is 6.10 Å². The molecular formula is C14H24O3S. The van der Waals surface area contributed by atoms with Crippen LogP contribution in [0, 0.1) is 5.92 Å². The Bertz CT molecular complexity index is 287. The second-order valence-electron chi connectivity index (χ2n) is 5.44. The van der Waals surface area contributed by atoms with E-state index >= 15 is 0 Å². The van der Waals surface area contributed by atoms with Crippen molar-refractivity contribution in [1.29, 1.82) is 0 Å². The molecule has 104 valence electrons. The van der Waals surface area contributed by atoms with Crippen LogP contribution in [0.25, 0.3) is 0 Å². The van der Waals surface area contributed by atoms with Gasteiger partial charge in [-0.1, -0.05) is 13.3 Å². The van der Waals surface area contributed by atoms with Gasteiger partial charge >= 0.3 is 0 Å². The van der Waals surface area contributed by atoms with Crippen molar-refractivity contribution in [3.63, 3.8) is 0 Å². The van der Waals surface area contributed by atoms with Crippen molar-refractivity contribution in [3.8, 4) is 0 Å². The van der Waals surface area contributed by atoms with Crippen LogP contribution >= 0.6 is 11.8 Å². The molecule has 2 rings (SSSR count). The number of Topliss-reactive ketones (excluding diaryl/α,β-unsaturated/α-hetero) is 1. The van der Waals surface area contributed by atoms with Gasteiger partial charge in [-0.3, -0.25) is 4.79 Å². The van der Waals surface area contributed by atoms with E-state index < -0.39 is 0 Å². The summed E-state index contributed by atoms with van der Waals surface area (Å²) in [7, 11) is 1.65. The van der Waals surface area contributed by atoms with Crippen LogP contribution in [-0.4, -0.2) is 42.7 Å². The Hall–Kier alpha value is -0.0600. The Morgan fingerprint density at radius 2 is 2.44 bits per heavy atom. The third-order valence-electron chi connectivity index (χ3n) is 4.12. The van der Waals surface area contributed by atoms with Crippen LogP contribution in [0.4, 0.5) is 0 Å². The zero-order chi connectivity index (χ0) is 13.0. The highest BCUT2D eigenvalue weighted by molar-refractivity contribution is 7.99. The van der Waals surface area contributed by atoms with Crippen molar-refractivity contribution >= 4 is 17.5 Å². The largest absolute Gasteiger partial charge is 0.374 e. The number of ether oxygens (including phenoxy) is 2. The molecule has 18 heavy (non-hydrogen) atoms. The van der Waals surface area contributed by atoms with E-state index in [2.05, 4.69) is 6.92 Å². The third-order valence-corrected chi connectivity index (χ3v) is 5.34. The van der Waals surface area contributed by atoms with E-state index in [4.69, 9.17) is 9.47 Å². The van der Waals surface area contributed by atoms with Crippen LogP contribution in [0.1, 0.15) is 39.0 Å². The number of ketones is 1. The summed E-state index contributed by atoms with van der Waals surface area (Å²) < 4.78 is 11.3. The minimum Gasteiger partial charge on any atom is -0.374 e. The topological polar surface area (TPSA) is 35.5 Å². The molecule has 3 unspecified atom stereocenters. The van der Waals surface area contributed by atoms with E-state index in [0.29, 0.717) is 5.78 Å². The number of methoxy groups -OCH3 is 1. The monoisotopic (exact) mass is 272 g/mol. The summed E-state index contributed by atoms with van der Waals surface area (Å²) in [5, 5.41) is 0. The second-order valence-corrected chi connectivity index (χ2v) is 6.54. The quantitative estimate of drug-likeness (QED) is 0.771. The molecule has 0 aromatic rings. The van der Waals surface area contributed by atoms with E-state index in [-0.39, 0.29) is 17.6 Å². The molecule has 0 aromatic carbocycles. The van der Waals surface area contributed by atoms with Crippen molar-refractivity contribution in [2.75, 3.05) is 25.2 Å². The number of rotatable bonds is 5. The maximum absolute atomic E-state index is 12.5. The number of hydrogen-bond acceptors (Lipinski definition) is 4. The van der Waals surface area contributed by atoms with Crippen LogP contribution in [-0.2, 0) is 14.3 Å². The van der Waals surface area contributed by atoms with Crippen molar-refractivity contribution in [3.05, 3.63) is 0 Å². The maximum atomic E-state index is 12.5. The van der Waals surface area contributed by atoms with Crippen LogP contribution in [0.15, 0.2) is 0 Å². The number of carbonyl (C=O) groups is 1. The lowest BCUT2D eigenvalue weighted by Crippen LogP contribution is -2.44. The summed E-state index contributed by atoms with van der Waals surface area (Å²) in [6.45, 7) is 2.83. The predicted molar refractivity (Wildman–Crippen MR) is 74.1 cm³/mol. The molecule has 2 aliphatic heterocycles. The summed E-state index contributed by atoms with van der Waals surface area (Å²) in [5.74, 6) is 2.68. The number of carbonyl (C=O) groups excluding carboxylic acids is 1. The molecule has 0 N–H and O–H groups in total. The standard InChI is InChI=1S/C14H24O3S/c1-3-4-12(16-2)13(15)11-5-7-17-14(9-11)6-8-18-10-14/h11-12H,3-10H2,1-2H3. The maximum Gasteiger partial charge on any atom is 0.164 e. The molecule has 2 fully saturated rings. The van der Waals surface area contributed by atoms with Gasteiger partial charge in [-0.2, -0.15) is 11.8 Å². The molecule has 0 amide bonds. The van der Waals surface area contributed by atoms with Gasteiger partial charge in [-0.15, -0.1) is 0 Å². The minimum atomic E-state index is -0.204. The molecule has 0 aromatic heterocycles. The van der Waals surface area contributed by atoms with Gasteiger partial charge in [0, 0.05) is 25.4 Å². The smallest absolute Gasteiger partial charge is 0.164 e. The van der Waals surface area contributed by atoms with Crippen molar-refractivity contribution in [2.24, 2.45) is 5.92 Å².